The van der Waals surface area contributed by atoms with Crippen LogP contribution in [0.5, 0.6) is 5.88 Å². The zero-order chi connectivity index (χ0) is 16.1. The predicted octanol–water partition coefficient (Wildman–Crippen LogP) is 3.08. The highest BCUT2D eigenvalue weighted by Crippen LogP contribution is 2.21. The molecule has 1 aromatic carbocycles. The van der Waals surface area contributed by atoms with Crippen LogP contribution in [0.25, 0.3) is 0 Å². The molecule has 4 nitrogen and oxygen atoms in total. The average Bonchev–Trinajstić information content (AvgIpc) is 2.51. The van der Waals surface area contributed by atoms with E-state index in [0.717, 1.165) is 5.56 Å². The van der Waals surface area contributed by atoms with Gasteiger partial charge in [0.2, 0.25) is 11.8 Å². The van der Waals surface area contributed by atoms with E-state index in [1.807, 2.05) is 6.07 Å². The summed E-state index contributed by atoms with van der Waals surface area (Å²) in [5, 5.41) is 0.251. The standard InChI is InChI=1S/C16H16ClFN2O2/c1-20(10-11-5-4-8-19-16(11)22-2)15(21)9-12-13(17)6-3-7-14(12)18/h3-8H,9-10H2,1-2H3. The van der Waals surface area contributed by atoms with Gasteiger partial charge < -0.3 is 9.64 Å². The van der Waals surface area contributed by atoms with Gasteiger partial charge in [0.25, 0.3) is 0 Å². The Kier molecular flexibility index (Phi) is 5.33. The van der Waals surface area contributed by atoms with Gasteiger partial charge in [-0.2, -0.15) is 0 Å². The highest BCUT2D eigenvalue weighted by molar-refractivity contribution is 6.31. The molecule has 0 radical (unpaired) electrons. The van der Waals surface area contributed by atoms with Crippen molar-refractivity contribution in [2.45, 2.75) is 13.0 Å². The summed E-state index contributed by atoms with van der Waals surface area (Å²) >= 11 is 5.95. The summed E-state index contributed by atoms with van der Waals surface area (Å²) < 4.78 is 18.9. The number of amides is 1. The van der Waals surface area contributed by atoms with Crippen molar-refractivity contribution in [1.29, 1.82) is 0 Å². The van der Waals surface area contributed by atoms with E-state index in [2.05, 4.69) is 4.98 Å². The highest BCUT2D eigenvalue weighted by atomic mass is 35.5. The zero-order valence-corrected chi connectivity index (χ0v) is 13.1. The molecule has 0 saturated carbocycles. The lowest BCUT2D eigenvalue weighted by Crippen LogP contribution is -2.28. The second-order valence-electron chi connectivity index (χ2n) is 4.80. The van der Waals surface area contributed by atoms with Crippen LogP contribution < -0.4 is 4.74 Å². The molecular formula is C16H16ClFN2O2. The quantitative estimate of drug-likeness (QED) is 0.849. The molecule has 6 heteroatoms. The number of pyridine rings is 1. The summed E-state index contributed by atoms with van der Waals surface area (Å²) in [4.78, 5) is 17.8. The van der Waals surface area contributed by atoms with Crippen LogP contribution in [0.3, 0.4) is 0 Å². The Balaban J connectivity index is 2.10. The Hall–Kier alpha value is -2.14. The molecule has 0 unspecified atom stereocenters. The highest BCUT2D eigenvalue weighted by Gasteiger charge is 2.16. The molecule has 2 rings (SSSR count). The van der Waals surface area contributed by atoms with E-state index in [-0.39, 0.29) is 22.9 Å². The van der Waals surface area contributed by atoms with E-state index >= 15 is 0 Å². The molecule has 2 aromatic rings. The number of carbonyl (C=O) groups excluding carboxylic acids is 1. The van der Waals surface area contributed by atoms with E-state index in [1.54, 1.807) is 25.4 Å². The largest absolute Gasteiger partial charge is 0.481 e. The third-order valence-corrected chi connectivity index (χ3v) is 3.62. The maximum absolute atomic E-state index is 13.7. The number of aromatic nitrogens is 1. The maximum atomic E-state index is 13.7. The molecule has 0 aliphatic carbocycles. The van der Waals surface area contributed by atoms with Gasteiger partial charge in [0, 0.05) is 29.4 Å². The van der Waals surface area contributed by atoms with Gasteiger partial charge in [-0.3, -0.25) is 4.79 Å². The Morgan fingerprint density at radius 2 is 2.14 bits per heavy atom. The number of carbonyl (C=O) groups is 1. The van der Waals surface area contributed by atoms with Crippen LogP contribution in [-0.2, 0) is 17.8 Å². The third kappa shape index (κ3) is 3.74. The van der Waals surface area contributed by atoms with Gasteiger partial charge in [0.15, 0.2) is 0 Å². The first kappa shape index (κ1) is 16.2. The van der Waals surface area contributed by atoms with Crippen LogP contribution >= 0.6 is 11.6 Å². The number of nitrogens with zero attached hydrogens (tertiary/aromatic N) is 2. The van der Waals surface area contributed by atoms with E-state index in [9.17, 15) is 9.18 Å². The summed E-state index contributed by atoms with van der Waals surface area (Å²) in [6.07, 6.45) is 1.52. The van der Waals surface area contributed by atoms with Gasteiger partial charge in [-0.25, -0.2) is 9.37 Å². The topological polar surface area (TPSA) is 42.4 Å². The van der Waals surface area contributed by atoms with Crippen LogP contribution in [0.2, 0.25) is 5.02 Å². The van der Waals surface area contributed by atoms with Crippen LogP contribution in [0.1, 0.15) is 11.1 Å². The first-order chi connectivity index (χ1) is 10.5. The molecular weight excluding hydrogens is 307 g/mol. The summed E-state index contributed by atoms with van der Waals surface area (Å²) in [6.45, 7) is 0.321. The number of benzene rings is 1. The van der Waals surface area contributed by atoms with Gasteiger partial charge in [-0.1, -0.05) is 23.7 Å². The SMILES string of the molecule is COc1ncccc1CN(C)C(=O)Cc1c(F)cccc1Cl. The van der Waals surface area contributed by atoms with Crippen molar-refractivity contribution in [2.24, 2.45) is 0 Å². The molecule has 0 fully saturated rings. The van der Waals surface area contributed by atoms with Gasteiger partial charge in [0.1, 0.15) is 5.82 Å². The second kappa shape index (κ2) is 7.22. The molecule has 0 aliphatic heterocycles. The Morgan fingerprint density at radius 3 is 2.82 bits per heavy atom. The van der Waals surface area contributed by atoms with Gasteiger partial charge in [0.05, 0.1) is 20.1 Å². The molecule has 1 amide bonds. The lowest BCUT2D eigenvalue weighted by molar-refractivity contribution is -0.129. The number of hydrogen-bond donors (Lipinski definition) is 0. The number of rotatable bonds is 5. The summed E-state index contributed by atoms with van der Waals surface area (Å²) in [7, 11) is 3.16. The fraction of sp³-hybridized carbons (Fsp3) is 0.250. The van der Waals surface area contributed by atoms with Crippen molar-refractivity contribution in [3.63, 3.8) is 0 Å². The van der Waals surface area contributed by atoms with E-state index < -0.39 is 5.82 Å². The maximum Gasteiger partial charge on any atom is 0.227 e. The molecule has 22 heavy (non-hydrogen) atoms. The smallest absolute Gasteiger partial charge is 0.227 e. The normalized spacial score (nSPS) is 10.4. The van der Waals surface area contributed by atoms with Crippen molar-refractivity contribution in [3.05, 3.63) is 58.5 Å². The molecule has 1 aromatic heterocycles. The van der Waals surface area contributed by atoms with Gasteiger partial charge in [-0.15, -0.1) is 0 Å². The minimum Gasteiger partial charge on any atom is -0.481 e. The predicted molar refractivity (Wildman–Crippen MR) is 82.4 cm³/mol. The number of ether oxygens (including phenoxy) is 1. The van der Waals surface area contributed by atoms with Crippen molar-refractivity contribution >= 4 is 17.5 Å². The van der Waals surface area contributed by atoms with E-state index in [0.29, 0.717) is 12.4 Å². The average molecular weight is 323 g/mol. The van der Waals surface area contributed by atoms with Crippen molar-refractivity contribution in [2.75, 3.05) is 14.2 Å². The minimum atomic E-state index is -0.479. The number of hydrogen-bond acceptors (Lipinski definition) is 3. The fourth-order valence-electron chi connectivity index (χ4n) is 2.06. The van der Waals surface area contributed by atoms with E-state index in [1.165, 1.54) is 24.1 Å². The zero-order valence-electron chi connectivity index (χ0n) is 12.3. The minimum absolute atomic E-state index is 0.0927. The van der Waals surface area contributed by atoms with Crippen molar-refractivity contribution in [3.8, 4) is 5.88 Å². The number of likely N-dealkylation sites (N-methyl/N-ethyl adjacent to an activating group) is 1. The first-order valence-electron chi connectivity index (χ1n) is 6.67. The molecule has 0 aliphatic rings. The summed E-state index contributed by atoms with van der Waals surface area (Å²) in [5.41, 5.74) is 0.986. The summed E-state index contributed by atoms with van der Waals surface area (Å²) in [6, 6.07) is 7.96. The Labute approximate surface area is 133 Å². The molecule has 0 saturated heterocycles. The van der Waals surface area contributed by atoms with Crippen LogP contribution in [0.15, 0.2) is 36.5 Å². The number of halogens is 2. The Bertz CT molecular complexity index is 659. The molecule has 0 bridgehead atoms. The van der Waals surface area contributed by atoms with Crippen LogP contribution in [-0.4, -0.2) is 29.9 Å². The lowest BCUT2D eigenvalue weighted by Gasteiger charge is -2.19. The van der Waals surface area contributed by atoms with Crippen molar-refractivity contribution in [1.82, 2.24) is 9.88 Å². The van der Waals surface area contributed by atoms with Crippen LogP contribution in [0.4, 0.5) is 4.39 Å². The Morgan fingerprint density at radius 1 is 1.36 bits per heavy atom. The van der Waals surface area contributed by atoms with Gasteiger partial charge >= 0.3 is 0 Å². The monoisotopic (exact) mass is 322 g/mol. The third-order valence-electron chi connectivity index (χ3n) is 3.27. The molecule has 0 N–H and O–H groups in total. The lowest BCUT2D eigenvalue weighted by atomic mass is 10.1. The van der Waals surface area contributed by atoms with Gasteiger partial charge in [-0.05, 0) is 18.2 Å². The van der Waals surface area contributed by atoms with E-state index in [4.69, 9.17) is 16.3 Å². The fourth-order valence-corrected chi connectivity index (χ4v) is 2.29. The molecule has 0 spiro atoms. The molecule has 1 heterocycles. The van der Waals surface area contributed by atoms with Crippen LogP contribution in [0, 0.1) is 5.82 Å². The molecule has 0 atom stereocenters. The first-order valence-corrected chi connectivity index (χ1v) is 7.05. The second-order valence-corrected chi connectivity index (χ2v) is 5.21. The van der Waals surface area contributed by atoms with Crippen molar-refractivity contribution < 1.29 is 13.9 Å². The molecule has 116 valence electrons. The summed E-state index contributed by atoms with van der Waals surface area (Å²) in [5.74, 6) is -0.253. The number of methoxy groups -OCH3 is 1.